The minimum atomic E-state index is -0.500. The molecule has 0 bridgehead atoms. The Kier molecular flexibility index (Phi) is 8.01. The number of esters is 1. The fourth-order valence-electron chi connectivity index (χ4n) is 1.43. The molecule has 0 heterocycles. The normalized spacial score (nSPS) is 9.91. The molecule has 2 N–H and O–H groups in total. The Labute approximate surface area is 133 Å². The van der Waals surface area contributed by atoms with Crippen LogP contribution in [0.1, 0.15) is 12.8 Å². The molecule has 0 saturated heterocycles. The van der Waals surface area contributed by atoms with E-state index in [1.54, 1.807) is 6.07 Å². The van der Waals surface area contributed by atoms with Crippen LogP contribution in [0.4, 0.5) is 10.1 Å². The standard InChI is InChI=1S/C14H17FN2O4S/c1-20-8-9-21-13(19)7-6-12(18)17-14(22)16-11-5-3-2-4-10(11)15/h2-5H,6-9H2,1H3,(H2,16,17,18,22). The van der Waals surface area contributed by atoms with Crippen LogP contribution in [0.15, 0.2) is 24.3 Å². The number of hydrogen-bond donors (Lipinski definition) is 2. The second kappa shape index (κ2) is 9.80. The van der Waals surface area contributed by atoms with Crippen LogP contribution in [0, 0.1) is 5.82 Å². The van der Waals surface area contributed by atoms with E-state index in [4.69, 9.17) is 21.7 Å². The summed E-state index contributed by atoms with van der Waals surface area (Å²) in [5.41, 5.74) is 0.159. The van der Waals surface area contributed by atoms with E-state index in [1.807, 2.05) is 0 Å². The molecular formula is C14H17FN2O4S. The SMILES string of the molecule is COCCOC(=O)CCC(=O)NC(=S)Nc1ccccc1F. The number of ether oxygens (including phenoxy) is 2. The van der Waals surface area contributed by atoms with Crippen molar-refractivity contribution in [3.05, 3.63) is 30.1 Å². The molecule has 0 atom stereocenters. The third-order valence-electron chi connectivity index (χ3n) is 2.48. The van der Waals surface area contributed by atoms with E-state index in [1.165, 1.54) is 25.3 Å². The van der Waals surface area contributed by atoms with E-state index in [0.29, 0.717) is 6.61 Å². The van der Waals surface area contributed by atoms with Crippen LogP contribution in [-0.4, -0.2) is 37.3 Å². The number of para-hydroxylation sites is 1. The second-order valence-electron chi connectivity index (χ2n) is 4.20. The van der Waals surface area contributed by atoms with Gasteiger partial charge < -0.3 is 20.1 Å². The van der Waals surface area contributed by atoms with E-state index in [-0.39, 0.29) is 30.2 Å². The summed E-state index contributed by atoms with van der Waals surface area (Å²) in [6.45, 7) is 0.443. The summed E-state index contributed by atoms with van der Waals surface area (Å²) in [5.74, 6) is -1.45. The van der Waals surface area contributed by atoms with Crippen LogP contribution < -0.4 is 10.6 Å². The van der Waals surface area contributed by atoms with Crippen molar-refractivity contribution >= 4 is 34.9 Å². The molecule has 6 nitrogen and oxygen atoms in total. The molecular weight excluding hydrogens is 311 g/mol. The van der Waals surface area contributed by atoms with Crippen molar-refractivity contribution in [2.75, 3.05) is 25.6 Å². The molecule has 0 saturated carbocycles. The van der Waals surface area contributed by atoms with Gasteiger partial charge in [0.15, 0.2) is 5.11 Å². The van der Waals surface area contributed by atoms with Crippen molar-refractivity contribution in [1.82, 2.24) is 5.32 Å². The van der Waals surface area contributed by atoms with E-state index >= 15 is 0 Å². The molecule has 0 radical (unpaired) electrons. The van der Waals surface area contributed by atoms with Crippen molar-refractivity contribution in [2.45, 2.75) is 12.8 Å². The quantitative estimate of drug-likeness (QED) is 0.450. The first-order valence-corrected chi connectivity index (χ1v) is 6.93. The molecule has 0 fully saturated rings. The zero-order valence-corrected chi connectivity index (χ0v) is 12.9. The number of rotatable bonds is 7. The Morgan fingerprint density at radius 2 is 1.95 bits per heavy atom. The van der Waals surface area contributed by atoms with Gasteiger partial charge in [0.25, 0.3) is 0 Å². The van der Waals surface area contributed by atoms with E-state index in [9.17, 15) is 14.0 Å². The molecule has 0 aromatic heterocycles. The largest absolute Gasteiger partial charge is 0.463 e. The zero-order valence-electron chi connectivity index (χ0n) is 12.1. The van der Waals surface area contributed by atoms with Gasteiger partial charge in [-0.05, 0) is 24.4 Å². The number of carbonyl (C=O) groups is 2. The lowest BCUT2D eigenvalue weighted by atomic mass is 10.3. The zero-order chi connectivity index (χ0) is 16.4. The van der Waals surface area contributed by atoms with Gasteiger partial charge in [-0.15, -0.1) is 0 Å². The maximum atomic E-state index is 13.4. The van der Waals surface area contributed by atoms with Gasteiger partial charge in [-0.3, -0.25) is 9.59 Å². The third kappa shape index (κ3) is 7.09. The minimum Gasteiger partial charge on any atom is -0.463 e. The van der Waals surface area contributed by atoms with Crippen molar-refractivity contribution in [2.24, 2.45) is 0 Å². The highest BCUT2D eigenvalue weighted by Gasteiger charge is 2.10. The number of anilines is 1. The molecule has 0 aliphatic carbocycles. The molecule has 1 rings (SSSR count). The van der Waals surface area contributed by atoms with E-state index in [2.05, 4.69) is 10.6 Å². The average Bonchev–Trinajstić information content (AvgIpc) is 2.48. The van der Waals surface area contributed by atoms with Gasteiger partial charge in [-0.2, -0.15) is 0 Å². The number of carbonyl (C=O) groups excluding carboxylic acids is 2. The first-order chi connectivity index (χ1) is 10.5. The van der Waals surface area contributed by atoms with Crippen molar-refractivity contribution < 1.29 is 23.5 Å². The van der Waals surface area contributed by atoms with Gasteiger partial charge in [0, 0.05) is 13.5 Å². The highest BCUT2D eigenvalue weighted by atomic mass is 32.1. The van der Waals surface area contributed by atoms with Crippen molar-refractivity contribution in [3.8, 4) is 0 Å². The summed E-state index contributed by atoms with van der Waals surface area (Å²) < 4.78 is 22.9. The van der Waals surface area contributed by atoms with Crippen LogP contribution in [0.3, 0.4) is 0 Å². The smallest absolute Gasteiger partial charge is 0.306 e. The molecule has 1 amide bonds. The fraction of sp³-hybridized carbons (Fsp3) is 0.357. The van der Waals surface area contributed by atoms with Gasteiger partial charge in [0.05, 0.1) is 18.7 Å². The Hall–Kier alpha value is -2.06. The number of methoxy groups -OCH3 is 1. The predicted octanol–water partition coefficient (Wildman–Crippen LogP) is 1.61. The van der Waals surface area contributed by atoms with Gasteiger partial charge in [-0.25, -0.2) is 4.39 Å². The van der Waals surface area contributed by atoms with Crippen LogP contribution >= 0.6 is 12.2 Å². The molecule has 0 spiro atoms. The summed E-state index contributed by atoms with van der Waals surface area (Å²) in [6, 6.07) is 5.92. The molecule has 0 aliphatic rings. The van der Waals surface area contributed by atoms with Crippen molar-refractivity contribution in [3.63, 3.8) is 0 Å². The number of hydrogen-bond acceptors (Lipinski definition) is 5. The number of benzene rings is 1. The highest BCUT2D eigenvalue weighted by molar-refractivity contribution is 7.80. The molecule has 120 valence electrons. The molecule has 0 unspecified atom stereocenters. The third-order valence-corrected chi connectivity index (χ3v) is 2.69. The van der Waals surface area contributed by atoms with Crippen LogP contribution in [0.25, 0.3) is 0 Å². The van der Waals surface area contributed by atoms with E-state index in [0.717, 1.165) is 0 Å². The number of thiocarbonyl (C=S) groups is 1. The first-order valence-electron chi connectivity index (χ1n) is 6.53. The van der Waals surface area contributed by atoms with Gasteiger partial charge in [0.2, 0.25) is 5.91 Å². The lowest BCUT2D eigenvalue weighted by Gasteiger charge is -2.10. The second-order valence-corrected chi connectivity index (χ2v) is 4.60. The topological polar surface area (TPSA) is 76.7 Å². The molecule has 22 heavy (non-hydrogen) atoms. The molecule has 8 heteroatoms. The monoisotopic (exact) mass is 328 g/mol. The maximum absolute atomic E-state index is 13.4. The summed E-state index contributed by atoms with van der Waals surface area (Å²) >= 11 is 4.90. The maximum Gasteiger partial charge on any atom is 0.306 e. The van der Waals surface area contributed by atoms with Gasteiger partial charge >= 0.3 is 5.97 Å². The van der Waals surface area contributed by atoms with Crippen LogP contribution in [0.2, 0.25) is 0 Å². The Bertz CT molecular complexity index is 539. The van der Waals surface area contributed by atoms with E-state index < -0.39 is 17.7 Å². The Morgan fingerprint density at radius 1 is 1.23 bits per heavy atom. The lowest BCUT2D eigenvalue weighted by molar-refractivity contribution is -0.146. The lowest BCUT2D eigenvalue weighted by Crippen LogP contribution is -2.34. The summed E-state index contributed by atoms with van der Waals surface area (Å²) in [6.07, 6.45) is -0.150. The number of amides is 1. The fourth-order valence-corrected chi connectivity index (χ4v) is 1.66. The number of halogens is 1. The van der Waals surface area contributed by atoms with Gasteiger partial charge in [-0.1, -0.05) is 12.1 Å². The molecule has 0 aliphatic heterocycles. The number of nitrogens with one attached hydrogen (secondary N) is 2. The average molecular weight is 328 g/mol. The molecule has 1 aromatic carbocycles. The minimum absolute atomic E-state index is 0.0390. The van der Waals surface area contributed by atoms with Gasteiger partial charge in [0.1, 0.15) is 12.4 Å². The van der Waals surface area contributed by atoms with Crippen molar-refractivity contribution in [1.29, 1.82) is 0 Å². The summed E-state index contributed by atoms with van der Waals surface area (Å²) in [4.78, 5) is 22.9. The summed E-state index contributed by atoms with van der Waals surface area (Å²) in [5, 5.41) is 4.88. The van der Waals surface area contributed by atoms with Crippen LogP contribution in [-0.2, 0) is 19.1 Å². The first kappa shape index (κ1) is 18.0. The molecule has 1 aromatic rings. The Balaban J connectivity index is 2.28. The summed E-state index contributed by atoms with van der Waals surface area (Å²) in [7, 11) is 1.49. The van der Waals surface area contributed by atoms with Crippen LogP contribution in [0.5, 0.6) is 0 Å². The highest BCUT2D eigenvalue weighted by Crippen LogP contribution is 2.11. The predicted molar refractivity (Wildman–Crippen MR) is 82.8 cm³/mol. The Morgan fingerprint density at radius 3 is 2.64 bits per heavy atom.